The van der Waals surface area contributed by atoms with Crippen LogP contribution in [0.4, 0.5) is 0 Å². The van der Waals surface area contributed by atoms with Crippen LogP contribution in [-0.4, -0.2) is 0 Å². The predicted octanol–water partition coefficient (Wildman–Crippen LogP) is 26.9. The summed E-state index contributed by atoms with van der Waals surface area (Å²) in [6.07, 6.45) is 41.2. The Balaban J connectivity index is 0.000000111. The highest BCUT2D eigenvalue weighted by atomic mass is 14.9. The summed E-state index contributed by atoms with van der Waals surface area (Å²) >= 11 is 0. The minimum absolute atomic E-state index is 0.736. The molecule has 0 spiro atoms. The van der Waals surface area contributed by atoms with Crippen molar-refractivity contribution in [2.45, 2.75) is 261 Å². The second-order valence-corrected chi connectivity index (χ2v) is 37.3. The van der Waals surface area contributed by atoms with Crippen LogP contribution in [0.15, 0.2) is 170 Å². The van der Waals surface area contributed by atoms with Crippen molar-refractivity contribution in [1.29, 1.82) is 0 Å². The number of nitrogens with zero attached hydrogens (tertiary/aromatic N) is 4. The average Bonchev–Trinajstić information content (AvgIpc) is 1.57. The third kappa shape index (κ3) is 15.0. The number of pyridine rings is 4. The number of aryl methyl sites for hydroxylation is 16. The minimum atomic E-state index is 0.736. The first-order valence-corrected chi connectivity index (χ1v) is 45.0. The summed E-state index contributed by atoms with van der Waals surface area (Å²) in [5.74, 6) is 2.95. The quantitative estimate of drug-likeness (QED) is 0.135. The van der Waals surface area contributed by atoms with Crippen molar-refractivity contribution >= 4 is 0 Å². The van der Waals surface area contributed by atoms with Crippen LogP contribution in [0.2, 0.25) is 0 Å². The fourth-order valence-electron chi connectivity index (χ4n) is 23.2. The van der Waals surface area contributed by atoms with Crippen molar-refractivity contribution in [3.05, 3.63) is 304 Å². The molecule has 0 saturated heterocycles. The zero-order valence-electron chi connectivity index (χ0n) is 73.2. The van der Waals surface area contributed by atoms with Gasteiger partial charge < -0.3 is 0 Å². The summed E-state index contributed by atoms with van der Waals surface area (Å²) in [4.78, 5) is 0. The first kappa shape index (κ1) is 78.9. The van der Waals surface area contributed by atoms with Crippen LogP contribution in [0.5, 0.6) is 0 Å². The highest BCUT2D eigenvalue weighted by Crippen LogP contribution is 2.51. The fraction of sp³-hybridized carbons (Fsp3) is 0.393. The summed E-state index contributed by atoms with van der Waals surface area (Å²) in [5.41, 5.74) is 58.1. The molecular weight excluding hydrogens is 1400 g/mol. The molecule has 4 heteroatoms. The maximum atomic E-state index is 2.53. The molecule has 0 atom stereocenters. The van der Waals surface area contributed by atoms with E-state index in [2.05, 4.69) is 300 Å². The van der Waals surface area contributed by atoms with Gasteiger partial charge in [0.05, 0.1) is 22.3 Å². The van der Waals surface area contributed by atoms with Crippen LogP contribution < -0.4 is 18.3 Å². The zero-order chi connectivity index (χ0) is 80.5. The van der Waals surface area contributed by atoms with E-state index in [1.807, 2.05) is 0 Å². The van der Waals surface area contributed by atoms with Gasteiger partial charge in [0.25, 0.3) is 0 Å². The predicted molar refractivity (Wildman–Crippen MR) is 485 cm³/mol. The molecule has 0 unspecified atom stereocenters. The average molecular weight is 1530 g/mol. The van der Waals surface area contributed by atoms with E-state index < -0.39 is 0 Å². The molecule has 116 heavy (non-hydrogen) atoms. The second-order valence-electron chi connectivity index (χ2n) is 37.3. The SMILES string of the molecule is Cc1c[n+](C)c(-c2c(C)ccc3c2Cc2c(C)cccc2-3)cc1C1CCCCC1.Cc1c[n+](C)c(-c2c(C)ccc3c2Cc2cccc(C)c2-3)cc1C1CCCCC1.Cc1ccc2c(c1)-c1ccc(C)c(-c3cc(C4CCCCC4)c(C)c[n+]3C)c1C2.Cc1ccc2c(c1)Cc1c-2ccc(C)c1-c1cc(C2CCCCC2)c(C)c[n+]1C. The molecule has 0 radical (unpaired) electrons. The van der Waals surface area contributed by atoms with E-state index in [0.29, 0.717) is 0 Å². The van der Waals surface area contributed by atoms with Gasteiger partial charge in [0.2, 0.25) is 22.8 Å². The summed E-state index contributed by atoms with van der Waals surface area (Å²) in [5, 5.41) is 0. The number of hydrogen-bond donors (Lipinski definition) is 0. The summed E-state index contributed by atoms with van der Waals surface area (Å²) < 4.78 is 9.44. The van der Waals surface area contributed by atoms with Crippen LogP contribution >= 0.6 is 0 Å². The van der Waals surface area contributed by atoms with Crippen molar-refractivity contribution < 1.29 is 18.3 Å². The molecule has 0 N–H and O–H groups in total. The standard InChI is InChI=1S/4C28H32N/c1-18-9-8-12-22-23-14-13-19(2)28(26(23)15-25(18)22)27-16-24(20(3)17-29(27)4)21-10-6-5-7-11-21;1-18-9-8-12-22-15-25-23(27(18)22)14-13-19(2)28(25)26-16-24(20(3)17-29(26)4)21-10-6-5-7-11-21;1-18-10-12-23-22(14-18)15-26-24(23)13-11-19(2)28(26)27-16-25(20(3)17-29(27)4)21-8-6-5-7-9-21;1-18-10-12-22-15-26-23(25(22)14-18)13-11-19(2)28(26)27-16-24(20(3)17-29(27)4)21-8-6-5-7-9-21/h2*8-9,12-14,16-17,21H,5-7,10-11,15H2,1-4H3;2*10-14,16-17,21H,5-9,15H2,1-4H3/q4*+1. The van der Waals surface area contributed by atoms with Crippen LogP contribution in [0.1, 0.15) is 286 Å². The Morgan fingerprint density at radius 1 is 0.216 bits per heavy atom. The molecule has 8 aliphatic rings. The van der Waals surface area contributed by atoms with Gasteiger partial charge in [-0.3, -0.25) is 0 Å². The fourth-order valence-corrected chi connectivity index (χ4v) is 23.2. The van der Waals surface area contributed by atoms with Crippen LogP contribution in [0.25, 0.3) is 89.5 Å². The zero-order valence-corrected chi connectivity index (χ0v) is 73.2. The molecule has 4 saturated carbocycles. The highest BCUT2D eigenvalue weighted by molar-refractivity contribution is 5.90. The van der Waals surface area contributed by atoms with Gasteiger partial charge in [-0.05, 0) is 328 Å². The molecule has 20 rings (SSSR count). The Labute approximate surface area is 696 Å². The summed E-state index contributed by atoms with van der Waals surface area (Å²) in [7, 11) is 8.88. The molecule has 0 amide bonds. The van der Waals surface area contributed by atoms with Crippen molar-refractivity contribution in [2.75, 3.05) is 0 Å². The molecule has 0 aliphatic heterocycles. The summed E-state index contributed by atoms with van der Waals surface area (Å²) in [6.45, 7) is 27.2. The number of aromatic nitrogens is 4. The molecule has 12 aromatic rings. The lowest BCUT2D eigenvalue weighted by atomic mass is 9.82. The monoisotopic (exact) mass is 1530 g/mol. The van der Waals surface area contributed by atoms with Gasteiger partial charge in [-0.15, -0.1) is 0 Å². The summed E-state index contributed by atoms with van der Waals surface area (Å²) in [6, 6.07) is 56.2. The molecule has 4 nitrogen and oxygen atoms in total. The molecule has 8 aromatic carbocycles. The van der Waals surface area contributed by atoms with E-state index in [9.17, 15) is 0 Å². The Morgan fingerprint density at radius 2 is 0.526 bits per heavy atom. The lowest BCUT2D eigenvalue weighted by molar-refractivity contribution is -0.661. The normalized spacial score (nSPS) is 16.0. The molecule has 4 aromatic heterocycles. The lowest BCUT2D eigenvalue weighted by Gasteiger charge is -2.23. The Bertz CT molecular complexity index is 5820. The number of benzene rings is 8. The van der Waals surface area contributed by atoms with E-state index in [0.717, 1.165) is 49.4 Å². The van der Waals surface area contributed by atoms with E-state index in [-0.39, 0.29) is 0 Å². The molecule has 8 aliphatic carbocycles. The van der Waals surface area contributed by atoms with Crippen molar-refractivity contribution in [3.63, 3.8) is 0 Å². The third-order valence-electron chi connectivity index (χ3n) is 29.2. The highest BCUT2D eigenvalue weighted by Gasteiger charge is 2.35. The van der Waals surface area contributed by atoms with Crippen molar-refractivity contribution in [1.82, 2.24) is 0 Å². The number of hydrogen-bond acceptors (Lipinski definition) is 0. The maximum Gasteiger partial charge on any atom is 0.213 e. The first-order valence-electron chi connectivity index (χ1n) is 45.0. The smallest absolute Gasteiger partial charge is 0.201 e. The molecule has 592 valence electrons. The van der Waals surface area contributed by atoms with E-state index >= 15 is 0 Å². The van der Waals surface area contributed by atoms with Gasteiger partial charge in [-0.1, -0.05) is 210 Å². The maximum absolute atomic E-state index is 2.53. The Hall–Kier alpha value is -9.64. The third-order valence-corrected chi connectivity index (χ3v) is 29.2. The van der Waals surface area contributed by atoms with Gasteiger partial charge >= 0.3 is 0 Å². The van der Waals surface area contributed by atoms with E-state index in [1.165, 1.54) is 329 Å². The van der Waals surface area contributed by atoms with Gasteiger partial charge in [-0.25, -0.2) is 18.3 Å². The first-order chi connectivity index (χ1) is 56.1. The molecule has 4 fully saturated rings. The second kappa shape index (κ2) is 33.0. The molecule has 4 heterocycles. The van der Waals surface area contributed by atoms with Crippen LogP contribution in [0.3, 0.4) is 0 Å². The minimum Gasteiger partial charge on any atom is -0.201 e. The van der Waals surface area contributed by atoms with Crippen molar-refractivity contribution in [2.24, 2.45) is 28.2 Å². The Morgan fingerprint density at radius 3 is 0.957 bits per heavy atom. The Kier molecular flexibility index (Phi) is 22.5. The number of fused-ring (bicyclic) bond motifs is 12. The number of rotatable bonds is 8. The largest absolute Gasteiger partial charge is 0.213 e. The lowest BCUT2D eigenvalue weighted by Crippen LogP contribution is -2.32. The van der Waals surface area contributed by atoms with Gasteiger partial charge in [0, 0.05) is 46.5 Å². The molecule has 0 bridgehead atoms. The van der Waals surface area contributed by atoms with E-state index in [1.54, 1.807) is 22.3 Å². The topological polar surface area (TPSA) is 15.5 Å². The van der Waals surface area contributed by atoms with Crippen LogP contribution in [0, 0.1) is 83.1 Å². The van der Waals surface area contributed by atoms with Crippen molar-refractivity contribution in [3.8, 4) is 89.5 Å². The van der Waals surface area contributed by atoms with Gasteiger partial charge in [-0.2, -0.15) is 0 Å². The van der Waals surface area contributed by atoms with E-state index in [4.69, 9.17) is 0 Å². The van der Waals surface area contributed by atoms with Gasteiger partial charge in [0.15, 0.2) is 24.8 Å². The molecular formula is C112H128N4+4. The van der Waals surface area contributed by atoms with Crippen LogP contribution in [-0.2, 0) is 53.9 Å². The van der Waals surface area contributed by atoms with Gasteiger partial charge in [0.1, 0.15) is 28.2 Å².